The predicted octanol–water partition coefficient (Wildman–Crippen LogP) is 23.5. The van der Waals surface area contributed by atoms with Gasteiger partial charge in [0, 0.05) is 12.8 Å². The molecule has 0 aromatic heterocycles. The van der Waals surface area contributed by atoms with Gasteiger partial charge in [-0.2, -0.15) is 0 Å². The van der Waals surface area contributed by atoms with Gasteiger partial charge in [-0.05, 0) is 76.7 Å². The number of hydrogen-bond acceptors (Lipinski definition) is 7. The summed E-state index contributed by atoms with van der Waals surface area (Å²) in [7, 11) is 1.19. The van der Waals surface area contributed by atoms with Crippen molar-refractivity contribution in [2.45, 2.75) is 380 Å². The Morgan fingerprint density at radius 3 is 1.07 bits per heavy atom. The Morgan fingerprint density at radius 1 is 0.402 bits per heavy atom. The van der Waals surface area contributed by atoms with Gasteiger partial charge in [0.15, 0.2) is 0 Å². The van der Waals surface area contributed by atoms with Gasteiger partial charge in [0.05, 0.1) is 33.8 Å². The van der Waals surface area contributed by atoms with E-state index in [4.69, 9.17) is 13.8 Å². The molecule has 0 saturated carbocycles. The molecule has 3 unspecified atom stereocenters. The molecule has 0 fully saturated rings. The van der Waals surface area contributed by atoms with Crippen molar-refractivity contribution in [1.82, 2.24) is 5.32 Å². The molecule has 0 aromatic carbocycles. The summed E-state index contributed by atoms with van der Waals surface area (Å²) in [6.45, 7) is 6.87. The van der Waals surface area contributed by atoms with Crippen LogP contribution in [0.3, 0.4) is 0 Å². The molecule has 0 saturated heterocycles. The first kappa shape index (κ1) is 84.7. The third kappa shape index (κ3) is 67.9. The van der Waals surface area contributed by atoms with Crippen LogP contribution in [0.5, 0.6) is 0 Å². The first-order chi connectivity index (χ1) is 42.4. The Kier molecular flexibility index (Phi) is 64.9. The van der Waals surface area contributed by atoms with E-state index >= 15 is 0 Å². The van der Waals surface area contributed by atoms with Crippen molar-refractivity contribution in [1.29, 1.82) is 0 Å². The van der Waals surface area contributed by atoms with Gasteiger partial charge in [-0.25, -0.2) is 0 Å². The number of amides is 1. The number of ether oxygens (including phenoxy) is 1. The molecule has 0 heterocycles. The SMILES string of the molecule is CCCCC/C=C\C/C=C\C/C=C\C/C=C\CCCCCCCCCCCC(=O)OC(/C=C/CCCCCCCCCCCCC)C(COP(=O)([O-])OCC[N+](C)(C)C)NC(=O)CCCCCCCCCCCCCCCCCCCCCCCCC. The lowest BCUT2D eigenvalue weighted by molar-refractivity contribution is -0.870. The molecule has 0 aliphatic rings. The first-order valence-corrected chi connectivity index (χ1v) is 39.1. The molecular formula is C77H145N2O7P. The number of quaternary nitrogens is 1. The van der Waals surface area contributed by atoms with Crippen molar-refractivity contribution < 1.29 is 37.3 Å². The Balaban J connectivity index is 5.05. The molecule has 0 aliphatic carbocycles. The average Bonchev–Trinajstić information content (AvgIpc) is 3.70. The van der Waals surface area contributed by atoms with Crippen molar-refractivity contribution >= 4 is 19.7 Å². The van der Waals surface area contributed by atoms with E-state index in [9.17, 15) is 19.0 Å². The van der Waals surface area contributed by atoms with Crippen LogP contribution in [-0.4, -0.2) is 69.4 Å². The van der Waals surface area contributed by atoms with Gasteiger partial charge >= 0.3 is 5.97 Å². The van der Waals surface area contributed by atoms with Crippen LogP contribution in [0, 0.1) is 0 Å². The highest BCUT2D eigenvalue weighted by Gasteiger charge is 2.27. The van der Waals surface area contributed by atoms with Crippen LogP contribution in [0.15, 0.2) is 60.8 Å². The molecule has 1 N–H and O–H groups in total. The van der Waals surface area contributed by atoms with Gasteiger partial charge in [-0.15, -0.1) is 0 Å². The molecular weight excluding hydrogens is 1100 g/mol. The smallest absolute Gasteiger partial charge is 0.306 e. The van der Waals surface area contributed by atoms with Gasteiger partial charge in [0.25, 0.3) is 7.82 Å². The number of phosphoric ester groups is 1. The van der Waals surface area contributed by atoms with Gasteiger partial charge in [-0.1, -0.05) is 339 Å². The fraction of sp³-hybridized carbons (Fsp3) is 0.844. The third-order valence-electron chi connectivity index (χ3n) is 17.0. The summed E-state index contributed by atoms with van der Waals surface area (Å²) in [4.78, 5) is 40.3. The summed E-state index contributed by atoms with van der Waals surface area (Å²) in [5.74, 6) is -0.530. The number of hydrogen-bond donors (Lipinski definition) is 1. The van der Waals surface area contributed by atoms with Gasteiger partial charge < -0.3 is 28.5 Å². The van der Waals surface area contributed by atoms with Crippen LogP contribution in [0.25, 0.3) is 0 Å². The van der Waals surface area contributed by atoms with E-state index < -0.39 is 20.0 Å². The minimum atomic E-state index is -4.71. The zero-order valence-electron chi connectivity index (χ0n) is 58.5. The van der Waals surface area contributed by atoms with Crippen LogP contribution >= 0.6 is 7.82 Å². The number of nitrogens with one attached hydrogen (secondary N) is 1. The normalized spacial score (nSPS) is 13.8. The van der Waals surface area contributed by atoms with E-state index in [0.29, 0.717) is 17.4 Å². The van der Waals surface area contributed by atoms with Crippen molar-refractivity contribution in [2.75, 3.05) is 40.9 Å². The van der Waals surface area contributed by atoms with Crippen LogP contribution in [0.2, 0.25) is 0 Å². The number of carbonyl (C=O) groups excluding carboxylic acids is 2. The van der Waals surface area contributed by atoms with E-state index in [0.717, 1.165) is 89.9 Å². The number of phosphoric acid groups is 1. The van der Waals surface area contributed by atoms with Gasteiger partial charge in [0.2, 0.25) is 5.91 Å². The van der Waals surface area contributed by atoms with Crippen LogP contribution in [-0.2, 0) is 27.9 Å². The lowest BCUT2D eigenvalue weighted by atomic mass is 10.0. The molecule has 3 atom stereocenters. The molecule has 0 aromatic rings. The van der Waals surface area contributed by atoms with Crippen molar-refractivity contribution in [3.63, 3.8) is 0 Å². The van der Waals surface area contributed by atoms with E-state index in [1.54, 1.807) is 0 Å². The Hall–Kier alpha value is -2.29. The van der Waals surface area contributed by atoms with E-state index in [2.05, 4.69) is 74.7 Å². The molecule has 0 radical (unpaired) electrons. The zero-order chi connectivity index (χ0) is 63.5. The summed E-state index contributed by atoms with van der Waals surface area (Å²) in [6.07, 6.45) is 86.3. The maximum absolute atomic E-state index is 13.6. The van der Waals surface area contributed by atoms with Crippen LogP contribution in [0.1, 0.15) is 367 Å². The van der Waals surface area contributed by atoms with Crippen LogP contribution in [0.4, 0.5) is 0 Å². The van der Waals surface area contributed by atoms with Gasteiger partial charge in [-0.3, -0.25) is 14.2 Å². The molecule has 1 amide bonds. The van der Waals surface area contributed by atoms with E-state index in [-0.39, 0.29) is 31.5 Å². The monoisotopic (exact) mass is 1240 g/mol. The summed E-state index contributed by atoms with van der Waals surface area (Å²) < 4.78 is 30.5. The third-order valence-corrected chi connectivity index (χ3v) is 17.9. The van der Waals surface area contributed by atoms with Crippen molar-refractivity contribution in [3.8, 4) is 0 Å². The topological polar surface area (TPSA) is 114 Å². The summed E-state index contributed by atoms with van der Waals surface area (Å²) >= 11 is 0. The molecule has 0 spiro atoms. The Labute approximate surface area is 541 Å². The first-order valence-electron chi connectivity index (χ1n) is 37.6. The number of allylic oxidation sites excluding steroid dienone is 9. The van der Waals surface area contributed by atoms with E-state index in [1.165, 1.54) is 244 Å². The molecule has 0 bridgehead atoms. The number of carbonyl (C=O) groups is 2. The van der Waals surface area contributed by atoms with Crippen LogP contribution < -0.4 is 10.2 Å². The molecule has 9 nitrogen and oxygen atoms in total. The van der Waals surface area contributed by atoms with E-state index in [1.807, 2.05) is 33.3 Å². The fourth-order valence-corrected chi connectivity index (χ4v) is 11.9. The second-order valence-electron chi connectivity index (χ2n) is 26.8. The minimum Gasteiger partial charge on any atom is -0.756 e. The second-order valence-corrected chi connectivity index (χ2v) is 28.2. The summed E-state index contributed by atoms with van der Waals surface area (Å²) in [5, 5.41) is 3.05. The Bertz CT molecular complexity index is 1670. The highest BCUT2D eigenvalue weighted by molar-refractivity contribution is 7.45. The number of likely N-dealkylation sites (N-methyl/N-ethyl adjacent to an activating group) is 1. The second kappa shape index (κ2) is 66.6. The minimum absolute atomic E-state index is 0.0224. The standard InChI is InChI=1S/C77H145N2O7P/c1-7-10-13-16-19-22-25-28-30-32-34-36-38-39-41-43-45-47-49-52-55-58-61-64-67-70-77(81)86-75(68-65-62-59-56-53-50-27-24-21-18-15-12-9-3)74(73-85-87(82,83)84-72-71-79(4,5)6)78-76(80)69-66-63-60-57-54-51-48-46-44-42-40-37-35-33-31-29-26-23-20-17-14-11-8-2/h19,22,28,30,34,36,39,41,65,68,74-75H,7-18,20-21,23-27,29,31-33,35,37-38,40,42-64,66-67,69-73H2,1-6H3,(H-,78,80,82,83)/b22-19-,30-28-,36-34-,41-39-,68-65+. The maximum Gasteiger partial charge on any atom is 0.306 e. The predicted molar refractivity (Wildman–Crippen MR) is 376 cm³/mol. The van der Waals surface area contributed by atoms with Gasteiger partial charge in [0.1, 0.15) is 19.3 Å². The lowest BCUT2D eigenvalue weighted by Crippen LogP contribution is -2.47. The number of esters is 1. The average molecular weight is 1240 g/mol. The lowest BCUT2D eigenvalue weighted by Gasteiger charge is -2.30. The molecule has 510 valence electrons. The summed E-state index contributed by atoms with van der Waals surface area (Å²) in [5.41, 5.74) is 0. The molecule has 87 heavy (non-hydrogen) atoms. The number of rotatable bonds is 69. The fourth-order valence-electron chi connectivity index (χ4n) is 11.2. The summed E-state index contributed by atoms with van der Waals surface area (Å²) in [6, 6.07) is -0.891. The highest BCUT2D eigenvalue weighted by Crippen LogP contribution is 2.38. The maximum atomic E-state index is 13.6. The van der Waals surface area contributed by atoms with Crippen molar-refractivity contribution in [3.05, 3.63) is 60.8 Å². The quantitative estimate of drug-likeness (QED) is 0.0212. The molecule has 0 rings (SSSR count). The Morgan fingerprint density at radius 2 is 0.701 bits per heavy atom. The molecule has 0 aliphatic heterocycles. The molecule has 10 heteroatoms. The zero-order valence-corrected chi connectivity index (χ0v) is 59.4. The largest absolute Gasteiger partial charge is 0.756 e. The number of nitrogens with zero attached hydrogens (tertiary/aromatic N) is 1. The van der Waals surface area contributed by atoms with Crippen molar-refractivity contribution in [2.24, 2.45) is 0 Å². The number of unbranched alkanes of at least 4 members (excludes halogenated alkanes) is 45. The highest BCUT2D eigenvalue weighted by atomic mass is 31.2.